The van der Waals surface area contributed by atoms with E-state index in [9.17, 15) is 29.3 Å². The maximum atomic E-state index is 12.6. The molecule has 2 aliphatic carbocycles. The van der Waals surface area contributed by atoms with E-state index in [1.165, 1.54) is 24.3 Å². The Morgan fingerprint density at radius 1 is 1.17 bits per heavy atom. The van der Waals surface area contributed by atoms with E-state index in [2.05, 4.69) is 5.32 Å². The van der Waals surface area contributed by atoms with Gasteiger partial charge in [0.05, 0.1) is 16.8 Å². The number of imide groups is 1. The molecule has 4 rings (SSSR count). The largest absolute Gasteiger partial charge is 0.454 e. The number of ether oxygens (including phenoxy) is 1. The molecule has 4 atom stereocenters. The van der Waals surface area contributed by atoms with Crippen molar-refractivity contribution in [1.29, 1.82) is 0 Å². The fraction of sp³-hybridized carbons (Fsp3) is 0.474. The lowest BCUT2D eigenvalue weighted by Crippen LogP contribution is -2.38. The minimum atomic E-state index is -0.854. The molecule has 0 aromatic heterocycles. The van der Waals surface area contributed by atoms with Crippen LogP contribution in [-0.4, -0.2) is 46.7 Å². The van der Waals surface area contributed by atoms with Crippen molar-refractivity contribution in [1.82, 2.24) is 4.90 Å². The number of nitrogens with one attached hydrogen (secondary N) is 1. The number of hydrogen-bond acceptors (Lipinski definition) is 7. The molecule has 1 saturated heterocycles. The summed E-state index contributed by atoms with van der Waals surface area (Å²) in [4.78, 5) is 60.2. The summed E-state index contributed by atoms with van der Waals surface area (Å²) >= 11 is 0. The van der Waals surface area contributed by atoms with E-state index in [0.29, 0.717) is 0 Å². The summed E-state index contributed by atoms with van der Waals surface area (Å²) in [7, 11) is 0. The third-order valence-corrected chi connectivity index (χ3v) is 6.01. The monoisotopic (exact) mass is 401 g/mol. The third-order valence-electron chi connectivity index (χ3n) is 6.01. The summed E-state index contributed by atoms with van der Waals surface area (Å²) in [6.07, 6.45) is 2.80. The van der Waals surface area contributed by atoms with E-state index in [1.807, 2.05) is 0 Å². The second-order valence-electron chi connectivity index (χ2n) is 7.66. The molecule has 1 N–H and O–H groups in total. The van der Waals surface area contributed by atoms with Crippen LogP contribution in [0.25, 0.3) is 0 Å². The first-order valence-electron chi connectivity index (χ1n) is 9.40. The Hall–Kier alpha value is -3.30. The Morgan fingerprint density at radius 3 is 2.45 bits per heavy atom. The minimum absolute atomic E-state index is 0.188. The molecule has 1 aromatic rings. The third kappa shape index (κ3) is 3.45. The molecule has 152 valence electrons. The van der Waals surface area contributed by atoms with Crippen molar-refractivity contribution in [3.63, 3.8) is 0 Å². The van der Waals surface area contributed by atoms with Gasteiger partial charge >= 0.3 is 5.97 Å². The maximum absolute atomic E-state index is 12.6. The van der Waals surface area contributed by atoms with Gasteiger partial charge in [0.15, 0.2) is 6.61 Å². The van der Waals surface area contributed by atoms with Crippen LogP contribution >= 0.6 is 0 Å². The Balaban J connectivity index is 1.29. The molecule has 3 fully saturated rings. The normalized spacial score (nSPS) is 27.1. The zero-order valence-electron chi connectivity index (χ0n) is 15.4. The number of nitro groups is 1. The molecule has 10 nitrogen and oxygen atoms in total. The first-order valence-corrected chi connectivity index (χ1v) is 9.40. The van der Waals surface area contributed by atoms with E-state index in [1.54, 1.807) is 0 Å². The summed E-state index contributed by atoms with van der Waals surface area (Å²) < 4.78 is 4.87. The number of anilines is 1. The first kappa shape index (κ1) is 19.0. The highest BCUT2D eigenvalue weighted by Crippen LogP contribution is 2.56. The van der Waals surface area contributed by atoms with Gasteiger partial charge in [-0.15, -0.1) is 0 Å². The van der Waals surface area contributed by atoms with Gasteiger partial charge in [-0.2, -0.15) is 0 Å². The summed E-state index contributed by atoms with van der Waals surface area (Å²) in [5.41, 5.74) is -0.00110. The number of likely N-dealkylation sites (tertiary alicyclic amines) is 1. The second kappa shape index (κ2) is 7.26. The topological polar surface area (TPSA) is 136 Å². The van der Waals surface area contributed by atoms with E-state index < -0.39 is 30.0 Å². The lowest BCUT2D eigenvalue weighted by molar-refractivity contribution is -0.384. The van der Waals surface area contributed by atoms with Gasteiger partial charge in [-0.25, -0.2) is 0 Å². The van der Waals surface area contributed by atoms with Gasteiger partial charge in [0, 0.05) is 17.8 Å². The average Bonchev–Trinajstić information content (AvgIpc) is 3.37. The summed E-state index contributed by atoms with van der Waals surface area (Å²) in [6.45, 7) is -1.13. The molecule has 3 aliphatic rings. The fourth-order valence-corrected chi connectivity index (χ4v) is 4.84. The van der Waals surface area contributed by atoms with Gasteiger partial charge in [0.1, 0.15) is 6.54 Å². The van der Waals surface area contributed by atoms with Crippen molar-refractivity contribution in [2.45, 2.75) is 19.3 Å². The predicted octanol–water partition coefficient (Wildman–Crippen LogP) is 1.11. The predicted molar refractivity (Wildman–Crippen MR) is 97.2 cm³/mol. The maximum Gasteiger partial charge on any atom is 0.326 e. The number of rotatable bonds is 6. The van der Waals surface area contributed by atoms with Crippen molar-refractivity contribution in [2.75, 3.05) is 18.5 Å². The van der Waals surface area contributed by atoms with E-state index in [-0.39, 0.29) is 46.9 Å². The van der Waals surface area contributed by atoms with Crippen LogP contribution in [0.5, 0.6) is 0 Å². The Kier molecular flexibility index (Phi) is 4.77. The summed E-state index contributed by atoms with van der Waals surface area (Å²) in [5, 5.41) is 13.1. The van der Waals surface area contributed by atoms with Crippen LogP contribution in [0.3, 0.4) is 0 Å². The molecule has 0 unspecified atom stereocenters. The number of nitrogens with zero attached hydrogens (tertiary/aromatic N) is 2. The molecule has 0 spiro atoms. The summed E-state index contributed by atoms with van der Waals surface area (Å²) in [6, 6.07) is 5.32. The quantitative estimate of drug-likeness (QED) is 0.326. The fourth-order valence-electron chi connectivity index (χ4n) is 4.84. The minimum Gasteiger partial charge on any atom is -0.454 e. The molecule has 2 saturated carbocycles. The Labute approximate surface area is 165 Å². The van der Waals surface area contributed by atoms with Gasteiger partial charge in [0.25, 0.3) is 11.6 Å². The number of benzene rings is 1. The van der Waals surface area contributed by atoms with Gasteiger partial charge in [0.2, 0.25) is 11.8 Å². The molecule has 3 amide bonds. The van der Waals surface area contributed by atoms with Crippen molar-refractivity contribution in [3.8, 4) is 0 Å². The zero-order chi connectivity index (χ0) is 20.7. The SMILES string of the molecule is O=C(COC(=O)CN1C(=O)[C@H]2[C@H]3CC[C@@H](C3)[C@@H]2C1=O)Nc1cccc([N+](=O)[O-])c1. The highest BCUT2D eigenvalue weighted by atomic mass is 16.6. The molecule has 1 aromatic carbocycles. The van der Waals surface area contributed by atoms with E-state index >= 15 is 0 Å². The Bertz CT molecular complexity index is 887. The highest BCUT2D eigenvalue weighted by Gasteiger charge is 2.61. The van der Waals surface area contributed by atoms with Crippen LogP contribution in [0.1, 0.15) is 19.3 Å². The lowest BCUT2D eigenvalue weighted by Gasteiger charge is -2.19. The van der Waals surface area contributed by atoms with Crippen LogP contribution in [0, 0.1) is 33.8 Å². The highest BCUT2D eigenvalue weighted by molar-refractivity contribution is 6.07. The zero-order valence-corrected chi connectivity index (χ0v) is 15.4. The lowest BCUT2D eigenvalue weighted by atomic mass is 9.81. The van der Waals surface area contributed by atoms with Crippen LogP contribution in [0.4, 0.5) is 11.4 Å². The van der Waals surface area contributed by atoms with E-state index in [0.717, 1.165) is 24.2 Å². The van der Waals surface area contributed by atoms with Gasteiger partial charge in [-0.1, -0.05) is 6.07 Å². The number of amides is 3. The molecule has 10 heteroatoms. The van der Waals surface area contributed by atoms with Crippen LogP contribution in [0.15, 0.2) is 24.3 Å². The standard InChI is InChI=1S/C19H19N3O7/c23-14(20-12-2-1-3-13(7-12)22(27)28)9-29-15(24)8-21-18(25)16-10-4-5-11(6-10)17(16)19(21)26/h1-3,7,10-11,16-17H,4-6,8-9H2,(H,20,23)/t10-,11-,16-,17-/m0/s1. The number of hydrogen-bond donors (Lipinski definition) is 1. The van der Waals surface area contributed by atoms with Crippen LogP contribution in [-0.2, 0) is 23.9 Å². The van der Waals surface area contributed by atoms with Crippen molar-refractivity contribution < 1.29 is 28.8 Å². The average molecular weight is 401 g/mol. The molecule has 0 radical (unpaired) electrons. The number of carbonyl (C=O) groups excluding carboxylic acids is 4. The smallest absolute Gasteiger partial charge is 0.326 e. The number of non-ortho nitro benzene ring substituents is 1. The number of esters is 1. The Morgan fingerprint density at radius 2 is 1.83 bits per heavy atom. The first-order chi connectivity index (χ1) is 13.8. The molecule has 29 heavy (non-hydrogen) atoms. The van der Waals surface area contributed by atoms with Crippen molar-refractivity contribution in [3.05, 3.63) is 34.4 Å². The summed E-state index contributed by atoms with van der Waals surface area (Å²) in [5.74, 6) is -2.35. The molecular weight excluding hydrogens is 382 g/mol. The second-order valence-corrected chi connectivity index (χ2v) is 7.66. The van der Waals surface area contributed by atoms with Gasteiger partial charge < -0.3 is 10.1 Å². The van der Waals surface area contributed by atoms with Crippen LogP contribution < -0.4 is 5.32 Å². The van der Waals surface area contributed by atoms with Gasteiger partial charge in [-0.3, -0.25) is 34.2 Å². The molecule has 1 aliphatic heterocycles. The van der Waals surface area contributed by atoms with Gasteiger partial charge in [-0.05, 0) is 37.2 Å². The molecular formula is C19H19N3O7. The number of fused-ring (bicyclic) bond motifs is 5. The molecule has 2 bridgehead atoms. The number of nitro benzene ring substituents is 1. The number of carbonyl (C=O) groups is 4. The van der Waals surface area contributed by atoms with Crippen molar-refractivity contribution in [2.24, 2.45) is 23.7 Å². The molecule has 1 heterocycles. The van der Waals surface area contributed by atoms with Crippen molar-refractivity contribution >= 4 is 35.1 Å². The van der Waals surface area contributed by atoms with Crippen LogP contribution in [0.2, 0.25) is 0 Å². The van der Waals surface area contributed by atoms with E-state index in [4.69, 9.17) is 4.74 Å².